The lowest BCUT2D eigenvalue weighted by Gasteiger charge is -2.22. The van der Waals surface area contributed by atoms with E-state index in [2.05, 4.69) is 35.3 Å². The van der Waals surface area contributed by atoms with Gasteiger partial charge in [0.15, 0.2) is 0 Å². The Morgan fingerprint density at radius 3 is 1.94 bits per heavy atom. The molecule has 4 aromatic rings. The molecule has 0 saturated carbocycles. The summed E-state index contributed by atoms with van der Waals surface area (Å²) in [5, 5.41) is 1.40. The Kier molecular flexibility index (Phi) is 7.67. The molecule has 0 aliphatic heterocycles. The van der Waals surface area contributed by atoms with Crippen molar-refractivity contribution in [2.75, 3.05) is 0 Å². The fourth-order valence-corrected chi connectivity index (χ4v) is 3.94. The fourth-order valence-electron chi connectivity index (χ4n) is 3.56. The Morgan fingerprint density at radius 2 is 1.39 bits per heavy atom. The zero-order chi connectivity index (χ0) is 23.2. The van der Waals surface area contributed by atoms with E-state index in [9.17, 15) is 0 Å². The Morgan fingerprint density at radius 1 is 0.788 bits per heavy atom. The minimum Gasteiger partial charge on any atom is -0.415 e. The van der Waals surface area contributed by atoms with Gasteiger partial charge in [-0.2, -0.15) is 0 Å². The minimum atomic E-state index is -0.381. The number of halogens is 2. The van der Waals surface area contributed by atoms with Crippen molar-refractivity contribution in [1.82, 2.24) is 4.98 Å². The van der Waals surface area contributed by atoms with Crippen molar-refractivity contribution in [2.45, 2.75) is 20.0 Å². The number of hydrogen-bond donors (Lipinski definition) is 0. The molecule has 0 spiro atoms. The quantitative estimate of drug-likeness (QED) is 0.284. The van der Waals surface area contributed by atoms with Crippen molar-refractivity contribution in [1.29, 1.82) is 0 Å². The number of aromatic nitrogens is 1. The highest BCUT2D eigenvalue weighted by molar-refractivity contribution is 6.80. The van der Waals surface area contributed by atoms with Gasteiger partial charge in [0.25, 0.3) is 0 Å². The molecule has 0 saturated heterocycles. The second-order valence-electron chi connectivity index (χ2n) is 7.98. The van der Waals surface area contributed by atoms with E-state index in [0.717, 1.165) is 33.3 Å². The van der Waals surface area contributed by atoms with Crippen LogP contribution >= 0.6 is 23.2 Å². The van der Waals surface area contributed by atoms with Crippen molar-refractivity contribution < 1.29 is 4.65 Å². The number of pyridine rings is 1. The van der Waals surface area contributed by atoms with E-state index in [0.29, 0.717) is 10.0 Å². The van der Waals surface area contributed by atoms with Crippen LogP contribution in [0.3, 0.4) is 0 Å². The summed E-state index contributed by atoms with van der Waals surface area (Å²) in [4.78, 5) is 4.57. The Labute approximate surface area is 206 Å². The summed E-state index contributed by atoms with van der Waals surface area (Å²) in [6.45, 7) is 3.60. The minimum absolute atomic E-state index is 0.378. The summed E-state index contributed by atoms with van der Waals surface area (Å²) < 4.78 is 6.75. The monoisotopic (exact) mass is 471 g/mol. The molecule has 1 atom stereocenters. The predicted octanol–water partition coefficient (Wildman–Crippen LogP) is 6.58. The van der Waals surface area contributed by atoms with Crippen LogP contribution in [0, 0.1) is 13.8 Å². The average molecular weight is 472 g/mol. The van der Waals surface area contributed by atoms with Gasteiger partial charge in [-0.3, -0.25) is 4.98 Å². The normalized spacial score (nSPS) is 12.1. The summed E-state index contributed by atoms with van der Waals surface area (Å²) in [5.74, 6) is 0. The summed E-state index contributed by atoms with van der Waals surface area (Å²) in [6.07, 6.45) is 5.50. The van der Waals surface area contributed by atoms with E-state index < -0.39 is 0 Å². The molecular weight excluding hydrogens is 448 g/mol. The maximum Gasteiger partial charge on any atom is 0.362 e. The molecular formula is C28H24BCl2NO. The maximum atomic E-state index is 6.75. The van der Waals surface area contributed by atoms with Crippen molar-refractivity contribution in [2.24, 2.45) is 0 Å². The SMILES string of the molecule is Cc1ccc(B(OC(/C=C\c2ccccc2)c2ccccn2)c2ccc(C)c(Cl)c2)cc1Cl. The van der Waals surface area contributed by atoms with Crippen LogP contribution in [-0.4, -0.2) is 11.9 Å². The van der Waals surface area contributed by atoms with Crippen LogP contribution in [0.4, 0.5) is 0 Å². The van der Waals surface area contributed by atoms with Crippen LogP contribution in [-0.2, 0) is 4.65 Å². The van der Waals surface area contributed by atoms with Gasteiger partial charge in [-0.25, -0.2) is 0 Å². The average Bonchev–Trinajstić information content (AvgIpc) is 2.84. The molecule has 0 aliphatic carbocycles. The molecule has 0 aliphatic rings. The Hall–Kier alpha value is -2.85. The number of hydrogen-bond acceptors (Lipinski definition) is 2. The molecule has 0 amide bonds. The van der Waals surface area contributed by atoms with Gasteiger partial charge in [0, 0.05) is 16.2 Å². The highest BCUT2D eigenvalue weighted by Crippen LogP contribution is 2.22. The van der Waals surface area contributed by atoms with Gasteiger partial charge in [0.05, 0.1) is 5.69 Å². The largest absolute Gasteiger partial charge is 0.415 e. The van der Waals surface area contributed by atoms with Gasteiger partial charge in [-0.1, -0.05) is 96.0 Å². The third-order valence-electron chi connectivity index (χ3n) is 5.52. The summed E-state index contributed by atoms with van der Waals surface area (Å²) in [6, 6.07) is 28.1. The first kappa shape index (κ1) is 23.3. The van der Waals surface area contributed by atoms with E-state index in [-0.39, 0.29) is 13.0 Å². The molecule has 0 fully saturated rings. The topological polar surface area (TPSA) is 22.1 Å². The molecule has 3 aromatic carbocycles. The second-order valence-corrected chi connectivity index (χ2v) is 8.79. The highest BCUT2D eigenvalue weighted by Gasteiger charge is 2.27. The number of rotatable bonds is 7. The molecule has 0 N–H and O–H groups in total. The molecule has 33 heavy (non-hydrogen) atoms. The molecule has 1 aromatic heterocycles. The lowest BCUT2D eigenvalue weighted by molar-refractivity contribution is 0.263. The lowest BCUT2D eigenvalue weighted by atomic mass is 9.55. The Balaban J connectivity index is 1.77. The molecule has 0 bridgehead atoms. The van der Waals surface area contributed by atoms with E-state index in [1.807, 2.05) is 80.6 Å². The van der Waals surface area contributed by atoms with Crippen molar-refractivity contribution in [3.63, 3.8) is 0 Å². The first-order chi connectivity index (χ1) is 16.0. The maximum absolute atomic E-state index is 6.75. The highest BCUT2D eigenvalue weighted by atomic mass is 35.5. The van der Waals surface area contributed by atoms with Gasteiger partial charge in [0.1, 0.15) is 6.10 Å². The lowest BCUT2D eigenvalue weighted by Crippen LogP contribution is -2.45. The summed E-state index contributed by atoms with van der Waals surface area (Å²) in [7, 11) is 0. The van der Waals surface area contributed by atoms with E-state index in [1.54, 1.807) is 6.20 Å². The molecule has 164 valence electrons. The smallest absolute Gasteiger partial charge is 0.362 e. The van der Waals surface area contributed by atoms with Gasteiger partial charge < -0.3 is 4.65 Å². The second kappa shape index (κ2) is 10.8. The molecule has 4 rings (SSSR count). The fraction of sp³-hybridized carbons (Fsp3) is 0.107. The van der Waals surface area contributed by atoms with Crippen LogP contribution in [0.15, 0.2) is 97.2 Å². The van der Waals surface area contributed by atoms with Crippen molar-refractivity contribution in [3.8, 4) is 0 Å². The summed E-state index contributed by atoms with van der Waals surface area (Å²) in [5.41, 5.74) is 5.87. The zero-order valence-electron chi connectivity index (χ0n) is 18.6. The van der Waals surface area contributed by atoms with Crippen LogP contribution in [0.2, 0.25) is 10.0 Å². The molecule has 2 nitrogen and oxygen atoms in total. The van der Waals surface area contributed by atoms with Gasteiger partial charge in [-0.05, 0) is 65.7 Å². The van der Waals surface area contributed by atoms with Crippen molar-refractivity contribution >= 4 is 47.1 Å². The van der Waals surface area contributed by atoms with E-state index in [1.165, 1.54) is 0 Å². The molecule has 1 unspecified atom stereocenters. The van der Waals surface area contributed by atoms with E-state index >= 15 is 0 Å². The molecule has 5 heteroatoms. The van der Waals surface area contributed by atoms with E-state index in [4.69, 9.17) is 27.9 Å². The van der Waals surface area contributed by atoms with Gasteiger partial charge in [0.2, 0.25) is 0 Å². The number of nitrogens with zero attached hydrogens (tertiary/aromatic N) is 1. The molecule has 0 radical (unpaired) electrons. The standard InChI is InChI=1S/C28H24BCl2NO/c1-20-11-14-23(18-25(20)30)29(24-15-12-21(2)26(31)19-24)33-28(27-10-6-7-17-32-27)16-13-22-8-4-3-5-9-22/h3-19,28H,1-2H3/b16-13-. The van der Waals surface area contributed by atoms with Crippen LogP contribution in [0.25, 0.3) is 6.08 Å². The third-order valence-corrected chi connectivity index (χ3v) is 6.34. The predicted molar refractivity (Wildman–Crippen MR) is 141 cm³/mol. The summed E-state index contributed by atoms with van der Waals surface area (Å²) >= 11 is 13.0. The first-order valence-electron chi connectivity index (χ1n) is 10.8. The van der Waals surface area contributed by atoms with Gasteiger partial charge in [-0.15, -0.1) is 0 Å². The zero-order valence-corrected chi connectivity index (χ0v) is 20.1. The van der Waals surface area contributed by atoms with Crippen LogP contribution in [0.1, 0.15) is 28.5 Å². The number of aryl methyl sites for hydroxylation is 2. The van der Waals surface area contributed by atoms with Gasteiger partial charge >= 0.3 is 6.92 Å². The van der Waals surface area contributed by atoms with Crippen molar-refractivity contribution in [3.05, 3.63) is 130 Å². The Bertz CT molecular complexity index is 1190. The number of benzene rings is 3. The molecule has 1 heterocycles. The van der Waals surface area contributed by atoms with Crippen LogP contribution in [0.5, 0.6) is 0 Å². The third kappa shape index (κ3) is 5.94. The van der Waals surface area contributed by atoms with Crippen LogP contribution < -0.4 is 10.9 Å². The first-order valence-corrected chi connectivity index (χ1v) is 11.6.